The van der Waals surface area contributed by atoms with Gasteiger partial charge in [-0.25, -0.2) is 0 Å². The van der Waals surface area contributed by atoms with E-state index in [0.29, 0.717) is 6.54 Å². The third-order valence-electron chi connectivity index (χ3n) is 3.35. The third kappa shape index (κ3) is 2.74. The highest BCUT2D eigenvalue weighted by atomic mass is 16.2. The fourth-order valence-corrected chi connectivity index (χ4v) is 2.08. The van der Waals surface area contributed by atoms with Gasteiger partial charge in [-0.15, -0.1) is 0 Å². The van der Waals surface area contributed by atoms with Gasteiger partial charge in [0.2, 0.25) is 11.8 Å². The number of hydrogen-bond donors (Lipinski definition) is 2. The van der Waals surface area contributed by atoms with Crippen molar-refractivity contribution in [3.8, 4) is 0 Å². The molecule has 1 aliphatic rings. The Bertz CT molecular complexity index is 286. The van der Waals surface area contributed by atoms with Crippen LogP contribution in [0.25, 0.3) is 0 Å². The van der Waals surface area contributed by atoms with Gasteiger partial charge in [-0.1, -0.05) is 33.6 Å². The van der Waals surface area contributed by atoms with E-state index in [0.717, 1.165) is 25.7 Å². The van der Waals surface area contributed by atoms with E-state index in [9.17, 15) is 9.59 Å². The van der Waals surface area contributed by atoms with Crippen molar-refractivity contribution in [1.82, 2.24) is 5.32 Å². The normalized spacial score (nSPS) is 19.4. The molecule has 1 fully saturated rings. The molecule has 0 saturated heterocycles. The molecule has 3 N–H and O–H groups in total. The predicted octanol–water partition coefficient (Wildman–Crippen LogP) is 1.19. The number of nitrogens with one attached hydrogen (secondary N) is 1. The van der Waals surface area contributed by atoms with Crippen LogP contribution in [0.3, 0.4) is 0 Å². The second-order valence-electron chi connectivity index (χ2n) is 5.78. The highest BCUT2D eigenvalue weighted by Gasteiger charge is 2.40. The van der Waals surface area contributed by atoms with E-state index in [-0.39, 0.29) is 11.8 Å². The molecule has 4 nitrogen and oxygen atoms in total. The van der Waals surface area contributed by atoms with Crippen LogP contribution in [0, 0.1) is 10.8 Å². The molecular formula is C12H22N2O2. The molecule has 4 heteroatoms. The fourth-order valence-electron chi connectivity index (χ4n) is 2.08. The lowest BCUT2D eigenvalue weighted by Crippen LogP contribution is -2.47. The summed E-state index contributed by atoms with van der Waals surface area (Å²) in [6, 6.07) is 0. The Labute approximate surface area is 97.0 Å². The molecule has 0 aliphatic heterocycles. The Morgan fingerprint density at radius 2 is 1.75 bits per heavy atom. The van der Waals surface area contributed by atoms with Crippen LogP contribution in [0.2, 0.25) is 0 Å². The quantitative estimate of drug-likeness (QED) is 0.759. The molecule has 0 unspecified atom stereocenters. The van der Waals surface area contributed by atoms with Crippen molar-refractivity contribution in [2.75, 3.05) is 6.54 Å². The molecule has 1 saturated carbocycles. The van der Waals surface area contributed by atoms with Crippen LogP contribution in [-0.4, -0.2) is 18.4 Å². The molecule has 0 aromatic heterocycles. The van der Waals surface area contributed by atoms with Gasteiger partial charge in [0.25, 0.3) is 0 Å². The molecule has 2 amide bonds. The first-order valence-electron chi connectivity index (χ1n) is 5.86. The number of hydrogen-bond acceptors (Lipinski definition) is 2. The minimum atomic E-state index is -0.499. The van der Waals surface area contributed by atoms with E-state index in [4.69, 9.17) is 5.73 Å². The Morgan fingerprint density at radius 3 is 2.12 bits per heavy atom. The Balaban J connectivity index is 2.59. The first-order chi connectivity index (χ1) is 7.28. The Kier molecular flexibility index (Phi) is 3.61. The van der Waals surface area contributed by atoms with Crippen LogP contribution in [-0.2, 0) is 9.59 Å². The Morgan fingerprint density at radius 1 is 1.25 bits per heavy atom. The summed E-state index contributed by atoms with van der Waals surface area (Å²) in [7, 11) is 0. The minimum Gasteiger partial charge on any atom is -0.369 e. The van der Waals surface area contributed by atoms with Gasteiger partial charge < -0.3 is 11.1 Å². The zero-order valence-corrected chi connectivity index (χ0v) is 10.4. The largest absolute Gasteiger partial charge is 0.369 e. The molecule has 0 spiro atoms. The van der Waals surface area contributed by atoms with Crippen LogP contribution in [0.4, 0.5) is 0 Å². The smallest absolute Gasteiger partial charge is 0.225 e. The van der Waals surface area contributed by atoms with Crippen LogP contribution in [0.15, 0.2) is 0 Å². The van der Waals surface area contributed by atoms with Crippen molar-refractivity contribution in [2.45, 2.75) is 46.5 Å². The van der Waals surface area contributed by atoms with Crippen molar-refractivity contribution in [1.29, 1.82) is 0 Å². The lowest BCUT2D eigenvalue weighted by Gasteiger charge is -2.27. The number of nitrogens with two attached hydrogens (primary N) is 1. The lowest BCUT2D eigenvalue weighted by molar-refractivity contribution is -0.131. The number of rotatable bonds is 3. The van der Waals surface area contributed by atoms with Crippen LogP contribution in [0.1, 0.15) is 46.5 Å². The second-order valence-corrected chi connectivity index (χ2v) is 5.78. The zero-order chi connectivity index (χ0) is 12.4. The zero-order valence-electron chi connectivity index (χ0n) is 10.4. The summed E-state index contributed by atoms with van der Waals surface area (Å²) in [6.45, 7) is 5.95. The summed E-state index contributed by atoms with van der Waals surface area (Å²) in [5.74, 6) is -0.306. The maximum absolute atomic E-state index is 11.7. The average Bonchev–Trinajstić information content (AvgIpc) is 2.62. The van der Waals surface area contributed by atoms with Gasteiger partial charge in [0.05, 0.1) is 5.41 Å². The summed E-state index contributed by atoms with van der Waals surface area (Å²) in [4.78, 5) is 23.2. The fraction of sp³-hybridized carbons (Fsp3) is 0.833. The first-order valence-corrected chi connectivity index (χ1v) is 5.86. The van der Waals surface area contributed by atoms with Gasteiger partial charge in [0.15, 0.2) is 0 Å². The second kappa shape index (κ2) is 4.44. The molecule has 0 heterocycles. The third-order valence-corrected chi connectivity index (χ3v) is 3.35. The number of primary amides is 1. The van der Waals surface area contributed by atoms with E-state index in [2.05, 4.69) is 5.32 Å². The number of carbonyl (C=O) groups excluding carboxylic acids is 2. The summed E-state index contributed by atoms with van der Waals surface area (Å²) in [5, 5.41) is 2.85. The predicted molar refractivity (Wildman–Crippen MR) is 62.6 cm³/mol. The number of carbonyl (C=O) groups is 2. The Hall–Kier alpha value is -1.06. The van der Waals surface area contributed by atoms with Crippen LogP contribution >= 0.6 is 0 Å². The monoisotopic (exact) mass is 226 g/mol. The topological polar surface area (TPSA) is 72.2 Å². The van der Waals surface area contributed by atoms with E-state index in [1.165, 1.54) is 0 Å². The molecule has 0 bridgehead atoms. The highest BCUT2D eigenvalue weighted by Crippen LogP contribution is 2.37. The van der Waals surface area contributed by atoms with Gasteiger partial charge >= 0.3 is 0 Å². The highest BCUT2D eigenvalue weighted by molar-refractivity contribution is 5.84. The summed E-state index contributed by atoms with van der Waals surface area (Å²) in [5.41, 5.74) is 4.52. The van der Waals surface area contributed by atoms with Crippen LogP contribution < -0.4 is 11.1 Å². The van der Waals surface area contributed by atoms with Gasteiger partial charge in [-0.2, -0.15) is 0 Å². The van der Waals surface area contributed by atoms with E-state index >= 15 is 0 Å². The number of amides is 2. The van der Waals surface area contributed by atoms with Crippen molar-refractivity contribution >= 4 is 11.8 Å². The maximum Gasteiger partial charge on any atom is 0.225 e. The van der Waals surface area contributed by atoms with Gasteiger partial charge in [-0.05, 0) is 12.8 Å². The summed E-state index contributed by atoms with van der Waals surface area (Å²) >= 11 is 0. The molecule has 0 aromatic carbocycles. The molecule has 92 valence electrons. The molecule has 1 aliphatic carbocycles. The van der Waals surface area contributed by atoms with E-state index in [1.54, 1.807) is 0 Å². The van der Waals surface area contributed by atoms with Crippen LogP contribution in [0.5, 0.6) is 0 Å². The molecule has 1 rings (SSSR count). The van der Waals surface area contributed by atoms with Gasteiger partial charge in [0.1, 0.15) is 0 Å². The van der Waals surface area contributed by atoms with Gasteiger partial charge in [-0.3, -0.25) is 9.59 Å². The molecule has 0 aromatic rings. The standard InChI is InChI=1S/C12H22N2O2/c1-11(2,3)10(16)14-8-12(9(13)15)6-4-5-7-12/h4-8H2,1-3H3,(H2,13,15)(H,14,16). The van der Waals surface area contributed by atoms with Crippen molar-refractivity contribution in [3.63, 3.8) is 0 Å². The summed E-state index contributed by atoms with van der Waals surface area (Å²) in [6.07, 6.45) is 3.64. The molecule has 0 atom stereocenters. The van der Waals surface area contributed by atoms with Gasteiger partial charge in [0, 0.05) is 12.0 Å². The van der Waals surface area contributed by atoms with E-state index < -0.39 is 10.8 Å². The maximum atomic E-state index is 11.7. The lowest BCUT2D eigenvalue weighted by atomic mass is 9.84. The average molecular weight is 226 g/mol. The molecule has 16 heavy (non-hydrogen) atoms. The SMILES string of the molecule is CC(C)(C)C(=O)NCC1(C(N)=O)CCCC1. The van der Waals surface area contributed by atoms with E-state index in [1.807, 2.05) is 20.8 Å². The van der Waals surface area contributed by atoms with Crippen molar-refractivity contribution in [3.05, 3.63) is 0 Å². The van der Waals surface area contributed by atoms with Crippen molar-refractivity contribution < 1.29 is 9.59 Å². The molecule has 0 radical (unpaired) electrons. The molecular weight excluding hydrogens is 204 g/mol. The summed E-state index contributed by atoms with van der Waals surface area (Å²) < 4.78 is 0. The minimum absolute atomic E-state index is 0.0278. The first kappa shape index (κ1) is 13.0. The van der Waals surface area contributed by atoms with Crippen molar-refractivity contribution in [2.24, 2.45) is 16.6 Å².